The highest BCUT2D eigenvalue weighted by Crippen LogP contribution is 2.00. The van der Waals surface area contributed by atoms with E-state index in [2.05, 4.69) is 10.1 Å². The Balaban J connectivity index is 2.81. The first kappa shape index (κ1) is 7.66. The highest BCUT2D eigenvalue weighted by Gasteiger charge is 2.17. The van der Waals surface area contributed by atoms with E-state index >= 15 is 0 Å². The molecule has 0 N–H and O–H groups in total. The molecular formula is C7H6N4O2. The fraction of sp³-hybridized carbons (Fsp3) is 0.143. The molecule has 0 atom stereocenters. The van der Waals surface area contributed by atoms with Crippen LogP contribution in [-0.2, 0) is 0 Å². The van der Waals surface area contributed by atoms with Crippen LogP contribution in [-0.4, -0.2) is 20.8 Å². The minimum Gasteiger partial charge on any atom is -0.692 e. The highest BCUT2D eigenvalue weighted by molar-refractivity contribution is 5.75. The van der Waals surface area contributed by atoms with E-state index < -0.39 is 5.91 Å². The summed E-state index contributed by atoms with van der Waals surface area (Å²) >= 11 is 0. The van der Waals surface area contributed by atoms with Gasteiger partial charge in [-0.25, -0.2) is 4.98 Å². The lowest BCUT2D eigenvalue weighted by Gasteiger charge is -1.97. The smallest absolute Gasteiger partial charge is 0.342 e. The first-order valence-corrected chi connectivity index (χ1v) is 3.64. The zero-order valence-electron chi connectivity index (χ0n) is 6.84. The van der Waals surface area contributed by atoms with Crippen molar-refractivity contribution in [1.82, 2.24) is 14.9 Å². The molecule has 2 aromatic rings. The quantitative estimate of drug-likeness (QED) is 0.411. The largest absolute Gasteiger partial charge is 0.692 e. The van der Waals surface area contributed by atoms with Gasteiger partial charge in [0.1, 0.15) is 0 Å². The molecule has 2 heterocycles. The van der Waals surface area contributed by atoms with Gasteiger partial charge >= 0.3 is 11.6 Å². The Kier molecular flexibility index (Phi) is 1.48. The molecule has 6 heteroatoms. The second-order valence-corrected chi connectivity index (χ2v) is 2.53. The van der Waals surface area contributed by atoms with Crippen molar-refractivity contribution in [2.75, 3.05) is 0 Å². The Labute approximate surface area is 73.0 Å². The second-order valence-electron chi connectivity index (χ2n) is 2.53. The van der Waals surface area contributed by atoms with Crippen molar-refractivity contribution in [2.24, 2.45) is 0 Å². The summed E-state index contributed by atoms with van der Waals surface area (Å²) in [5.41, 5.74) is 0.561. The van der Waals surface area contributed by atoms with E-state index in [1.807, 2.05) is 0 Å². The summed E-state index contributed by atoms with van der Waals surface area (Å²) in [7, 11) is 0. The third kappa shape index (κ3) is 1.03. The summed E-state index contributed by atoms with van der Waals surface area (Å²) in [5, 5.41) is 15.0. The molecule has 0 aliphatic heterocycles. The molecule has 2 aromatic heterocycles. The number of nitrogens with zero attached hydrogens (tertiary/aromatic N) is 4. The first-order chi connectivity index (χ1) is 6.20. The van der Waals surface area contributed by atoms with Crippen molar-refractivity contribution >= 4 is 17.1 Å². The van der Waals surface area contributed by atoms with Crippen LogP contribution in [0.1, 0.15) is 11.7 Å². The Morgan fingerprint density at radius 1 is 1.69 bits per heavy atom. The van der Waals surface area contributed by atoms with Crippen molar-refractivity contribution in [3.63, 3.8) is 0 Å². The number of fused-ring (bicyclic) bond motifs is 1. The predicted molar refractivity (Wildman–Crippen MR) is 42.8 cm³/mol. The monoisotopic (exact) mass is 178 g/mol. The number of aromatic nitrogens is 4. The van der Waals surface area contributed by atoms with Crippen molar-refractivity contribution < 1.29 is 9.64 Å². The average Bonchev–Trinajstić information content (AvgIpc) is 2.45. The topological polar surface area (TPSA) is 74.7 Å². The van der Waals surface area contributed by atoms with E-state index in [0.717, 1.165) is 4.80 Å². The molecule has 0 aliphatic rings. The van der Waals surface area contributed by atoms with Crippen LogP contribution >= 0.6 is 0 Å². The normalized spacial score (nSPS) is 10.5. The van der Waals surface area contributed by atoms with E-state index in [9.17, 15) is 10.0 Å². The zero-order valence-corrected chi connectivity index (χ0v) is 6.84. The van der Waals surface area contributed by atoms with Gasteiger partial charge in [-0.3, -0.25) is 4.79 Å². The van der Waals surface area contributed by atoms with Crippen molar-refractivity contribution in [3.05, 3.63) is 23.5 Å². The summed E-state index contributed by atoms with van der Waals surface area (Å²) < 4.78 is 0. The third-order valence-electron chi connectivity index (χ3n) is 1.62. The van der Waals surface area contributed by atoms with Crippen molar-refractivity contribution in [3.8, 4) is 0 Å². The standard InChI is InChI=1S/C7H6N4O2/c1-5(12)10-9-7-6(11(10)13)3-2-4-8-7/h2-4H,1H3. The molecule has 0 bridgehead atoms. The fourth-order valence-electron chi connectivity index (χ4n) is 1.05. The lowest BCUT2D eigenvalue weighted by Crippen LogP contribution is -2.41. The van der Waals surface area contributed by atoms with Crippen LogP contribution in [0.2, 0.25) is 0 Å². The van der Waals surface area contributed by atoms with Gasteiger partial charge in [0.2, 0.25) is 5.52 Å². The maximum atomic E-state index is 11.3. The molecule has 0 radical (unpaired) electrons. The minimum absolute atomic E-state index is 0.271. The molecule has 0 aromatic carbocycles. The summed E-state index contributed by atoms with van der Waals surface area (Å²) in [5.74, 6) is -0.437. The zero-order chi connectivity index (χ0) is 9.42. The Bertz CT molecular complexity index is 476. The van der Waals surface area contributed by atoms with Gasteiger partial charge in [-0.1, -0.05) is 0 Å². The minimum atomic E-state index is -0.437. The summed E-state index contributed by atoms with van der Waals surface area (Å²) in [6.45, 7) is 1.26. The van der Waals surface area contributed by atoms with Gasteiger partial charge in [-0.15, -0.1) is 4.85 Å². The number of carbonyl (C=O) groups excluding carboxylic acids is 1. The number of pyridine rings is 1. The lowest BCUT2D eigenvalue weighted by atomic mass is 10.4. The van der Waals surface area contributed by atoms with Gasteiger partial charge in [0.15, 0.2) is 0 Å². The highest BCUT2D eigenvalue weighted by atomic mass is 16.5. The molecule has 0 saturated carbocycles. The Morgan fingerprint density at radius 2 is 2.46 bits per heavy atom. The average molecular weight is 178 g/mol. The van der Waals surface area contributed by atoms with Gasteiger partial charge in [0, 0.05) is 17.9 Å². The van der Waals surface area contributed by atoms with Crippen LogP contribution in [0, 0.1) is 5.21 Å². The van der Waals surface area contributed by atoms with E-state index in [-0.39, 0.29) is 11.2 Å². The van der Waals surface area contributed by atoms with E-state index in [1.54, 1.807) is 12.1 Å². The predicted octanol–water partition coefficient (Wildman–Crippen LogP) is -0.275. The van der Waals surface area contributed by atoms with Crippen LogP contribution in [0.4, 0.5) is 0 Å². The van der Waals surface area contributed by atoms with Gasteiger partial charge in [-0.2, -0.15) is 0 Å². The molecule has 2 rings (SSSR count). The Morgan fingerprint density at radius 3 is 3.08 bits per heavy atom. The summed E-state index contributed by atoms with van der Waals surface area (Å²) in [6, 6.07) is 3.17. The van der Waals surface area contributed by atoms with Crippen LogP contribution in [0.15, 0.2) is 18.3 Å². The lowest BCUT2D eigenvalue weighted by molar-refractivity contribution is -0.662. The SMILES string of the molecule is CC(=O)n1nc2ncccc2[n+]1[O-]. The van der Waals surface area contributed by atoms with Crippen LogP contribution < -0.4 is 4.85 Å². The van der Waals surface area contributed by atoms with Gasteiger partial charge in [-0.05, 0) is 12.1 Å². The summed E-state index contributed by atoms with van der Waals surface area (Å²) in [4.78, 5) is 15.9. The van der Waals surface area contributed by atoms with Gasteiger partial charge in [0.25, 0.3) is 0 Å². The number of hydrogen-bond donors (Lipinski definition) is 0. The van der Waals surface area contributed by atoms with E-state index in [4.69, 9.17) is 0 Å². The Hall–Kier alpha value is -1.98. The molecule has 0 aliphatic carbocycles. The van der Waals surface area contributed by atoms with E-state index in [0.29, 0.717) is 4.85 Å². The molecule has 0 spiro atoms. The van der Waals surface area contributed by atoms with Crippen LogP contribution in [0.3, 0.4) is 0 Å². The molecule has 13 heavy (non-hydrogen) atoms. The molecule has 0 saturated heterocycles. The van der Waals surface area contributed by atoms with Crippen molar-refractivity contribution in [2.45, 2.75) is 6.92 Å². The van der Waals surface area contributed by atoms with Crippen molar-refractivity contribution in [1.29, 1.82) is 0 Å². The number of rotatable bonds is 0. The number of hydrogen-bond acceptors (Lipinski definition) is 4. The van der Waals surface area contributed by atoms with Crippen LogP contribution in [0.25, 0.3) is 11.2 Å². The van der Waals surface area contributed by atoms with E-state index in [1.165, 1.54) is 13.1 Å². The maximum Gasteiger partial charge on any atom is 0.342 e. The third-order valence-corrected chi connectivity index (χ3v) is 1.62. The molecule has 0 amide bonds. The molecular weight excluding hydrogens is 172 g/mol. The van der Waals surface area contributed by atoms with Gasteiger partial charge in [0.05, 0.1) is 5.10 Å². The van der Waals surface area contributed by atoms with Crippen LogP contribution in [0.5, 0.6) is 0 Å². The van der Waals surface area contributed by atoms with Gasteiger partial charge < -0.3 is 5.21 Å². The first-order valence-electron chi connectivity index (χ1n) is 3.64. The molecule has 6 nitrogen and oxygen atoms in total. The molecule has 66 valence electrons. The fourth-order valence-corrected chi connectivity index (χ4v) is 1.05. The second kappa shape index (κ2) is 2.51. The maximum absolute atomic E-state index is 11.3. The number of carbonyl (C=O) groups is 1. The molecule has 0 fully saturated rings. The molecule has 0 unspecified atom stereocenters. The summed E-state index contributed by atoms with van der Waals surface area (Å²) in [6.07, 6.45) is 1.51.